The topological polar surface area (TPSA) is 34.1 Å². The second kappa shape index (κ2) is 10.2. The lowest BCUT2D eigenvalue weighted by atomic mass is 10.2. The van der Waals surface area contributed by atoms with E-state index >= 15 is 0 Å². The molecule has 0 aliphatic heterocycles. The molecule has 0 atom stereocenters. The Balaban J connectivity index is 2.28. The third-order valence-electron chi connectivity index (χ3n) is 3.79. The molecule has 26 heavy (non-hydrogen) atoms. The maximum Gasteiger partial charge on any atom is 0.207 e. The van der Waals surface area contributed by atoms with Crippen LogP contribution in [-0.2, 0) is 9.84 Å². The van der Waals surface area contributed by atoms with E-state index in [4.69, 9.17) is 0 Å². The summed E-state index contributed by atoms with van der Waals surface area (Å²) in [5, 5.41) is 0. The third-order valence-corrected chi connectivity index (χ3v) is 6.78. The van der Waals surface area contributed by atoms with Crippen molar-refractivity contribution in [3.63, 3.8) is 0 Å². The number of allylic oxidation sites excluding steroid dienone is 2. The number of hydrogen-bond acceptors (Lipinski definition) is 3. The summed E-state index contributed by atoms with van der Waals surface area (Å²) in [4.78, 5) is 2.12. The fraction of sp³-hybridized carbons (Fsp3) is 0.182. The maximum absolute atomic E-state index is 13.1. The minimum atomic E-state index is -3.59. The molecule has 0 fully saturated rings. The standard InChI is InChI=1S/C22H24O2S2/c1-3-4-5-6-13-18-22(19(2)25-20-14-9-7-10-15-20)26(23,24)21-16-11-8-12-17-21/h3,7-12,14-18H,1-2,4-6,13H2/b22-18+. The van der Waals surface area contributed by atoms with E-state index in [-0.39, 0.29) is 0 Å². The molecule has 0 spiro atoms. The van der Waals surface area contributed by atoms with E-state index in [2.05, 4.69) is 13.2 Å². The summed E-state index contributed by atoms with van der Waals surface area (Å²) in [6, 6.07) is 18.2. The summed E-state index contributed by atoms with van der Waals surface area (Å²) >= 11 is 1.38. The van der Waals surface area contributed by atoms with Gasteiger partial charge in [-0.3, -0.25) is 0 Å². The molecule has 0 aliphatic carbocycles. The van der Waals surface area contributed by atoms with Crippen LogP contribution in [0.15, 0.2) is 106 Å². The molecule has 0 saturated carbocycles. The Morgan fingerprint density at radius 2 is 1.50 bits per heavy atom. The normalized spacial score (nSPS) is 11.9. The minimum Gasteiger partial charge on any atom is -0.218 e. The molecule has 0 N–H and O–H groups in total. The maximum atomic E-state index is 13.1. The Bertz CT molecular complexity index is 852. The SMILES string of the molecule is C=CCCCC/C=C(\C(=C)Sc1ccccc1)S(=O)(=O)c1ccccc1. The summed E-state index contributed by atoms with van der Waals surface area (Å²) in [6.45, 7) is 7.78. The predicted octanol–water partition coefficient (Wildman–Crippen LogP) is 6.40. The van der Waals surface area contributed by atoms with E-state index in [0.29, 0.717) is 21.1 Å². The van der Waals surface area contributed by atoms with Crippen LogP contribution in [0.1, 0.15) is 25.7 Å². The third kappa shape index (κ3) is 5.75. The van der Waals surface area contributed by atoms with Gasteiger partial charge in [-0.25, -0.2) is 8.42 Å². The molecule has 0 unspecified atom stereocenters. The van der Waals surface area contributed by atoms with Gasteiger partial charge in [-0.1, -0.05) is 66.9 Å². The predicted molar refractivity (Wildman–Crippen MR) is 112 cm³/mol. The second-order valence-electron chi connectivity index (χ2n) is 5.80. The van der Waals surface area contributed by atoms with Crippen molar-refractivity contribution in [3.8, 4) is 0 Å². The van der Waals surface area contributed by atoms with Crippen molar-refractivity contribution in [1.82, 2.24) is 0 Å². The van der Waals surface area contributed by atoms with Gasteiger partial charge in [0.2, 0.25) is 9.84 Å². The van der Waals surface area contributed by atoms with Crippen LogP contribution in [-0.4, -0.2) is 8.42 Å². The Kier molecular flexibility index (Phi) is 7.95. The largest absolute Gasteiger partial charge is 0.218 e. The van der Waals surface area contributed by atoms with Crippen molar-refractivity contribution in [3.05, 3.63) is 95.8 Å². The van der Waals surface area contributed by atoms with E-state index in [9.17, 15) is 8.42 Å². The van der Waals surface area contributed by atoms with Gasteiger partial charge in [0, 0.05) is 9.80 Å². The highest BCUT2D eigenvalue weighted by atomic mass is 32.2. The van der Waals surface area contributed by atoms with Gasteiger partial charge in [0.15, 0.2) is 0 Å². The van der Waals surface area contributed by atoms with Crippen LogP contribution in [0.4, 0.5) is 0 Å². The van der Waals surface area contributed by atoms with Gasteiger partial charge < -0.3 is 0 Å². The highest BCUT2D eigenvalue weighted by Crippen LogP contribution is 2.35. The van der Waals surface area contributed by atoms with Gasteiger partial charge in [-0.15, -0.1) is 6.58 Å². The van der Waals surface area contributed by atoms with E-state index in [1.54, 1.807) is 24.3 Å². The van der Waals surface area contributed by atoms with Crippen molar-refractivity contribution < 1.29 is 8.42 Å². The molecule has 0 heterocycles. The number of benzene rings is 2. The van der Waals surface area contributed by atoms with Crippen LogP contribution >= 0.6 is 11.8 Å². The first kappa shape index (κ1) is 20.3. The highest BCUT2D eigenvalue weighted by molar-refractivity contribution is 8.05. The summed E-state index contributed by atoms with van der Waals surface area (Å²) in [6.07, 6.45) is 7.25. The van der Waals surface area contributed by atoms with Crippen LogP contribution in [0.5, 0.6) is 0 Å². The molecule has 0 aromatic heterocycles. The lowest BCUT2D eigenvalue weighted by molar-refractivity contribution is 0.602. The molecule has 4 heteroatoms. The molecule has 136 valence electrons. The van der Waals surface area contributed by atoms with Crippen LogP contribution in [0.25, 0.3) is 0 Å². The van der Waals surface area contributed by atoms with Crippen molar-refractivity contribution in [2.45, 2.75) is 35.5 Å². The Morgan fingerprint density at radius 1 is 0.923 bits per heavy atom. The van der Waals surface area contributed by atoms with Gasteiger partial charge in [0.1, 0.15) is 0 Å². The number of sulfone groups is 1. The molecule has 0 saturated heterocycles. The number of thioether (sulfide) groups is 1. The van der Waals surface area contributed by atoms with Crippen LogP contribution in [0.3, 0.4) is 0 Å². The summed E-state index contributed by atoms with van der Waals surface area (Å²) < 4.78 is 26.3. The zero-order valence-corrected chi connectivity index (χ0v) is 16.4. The smallest absolute Gasteiger partial charge is 0.207 e. The van der Waals surface area contributed by atoms with E-state index in [0.717, 1.165) is 24.2 Å². The molecular formula is C22H24O2S2. The average molecular weight is 385 g/mol. The van der Waals surface area contributed by atoms with Crippen LogP contribution in [0, 0.1) is 0 Å². The van der Waals surface area contributed by atoms with Crippen molar-refractivity contribution in [2.24, 2.45) is 0 Å². The Labute approximate surface area is 161 Å². The summed E-state index contributed by atoms with van der Waals surface area (Å²) in [7, 11) is -3.59. The molecule has 2 rings (SSSR count). The molecule has 0 bridgehead atoms. The molecular weight excluding hydrogens is 360 g/mol. The van der Waals surface area contributed by atoms with E-state index in [1.807, 2.05) is 48.6 Å². The molecule has 0 amide bonds. The first-order valence-electron chi connectivity index (χ1n) is 8.59. The van der Waals surface area contributed by atoms with Gasteiger partial charge in [-0.05, 0) is 49.9 Å². The first-order chi connectivity index (χ1) is 12.6. The Hall–Kier alpha value is -2.04. The molecule has 2 aromatic rings. The molecule has 0 radical (unpaired) electrons. The van der Waals surface area contributed by atoms with Gasteiger partial charge in [0.05, 0.1) is 9.80 Å². The summed E-state index contributed by atoms with van der Waals surface area (Å²) in [5.41, 5.74) is 0. The second-order valence-corrected chi connectivity index (χ2v) is 8.88. The van der Waals surface area contributed by atoms with Crippen molar-refractivity contribution in [1.29, 1.82) is 0 Å². The van der Waals surface area contributed by atoms with Gasteiger partial charge in [-0.2, -0.15) is 0 Å². The van der Waals surface area contributed by atoms with Crippen molar-refractivity contribution in [2.75, 3.05) is 0 Å². The quantitative estimate of drug-likeness (QED) is 0.206. The lowest BCUT2D eigenvalue weighted by Crippen LogP contribution is -2.06. The van der Waals surface area contributed by atoms with Gasteiger partial charge >= 0.3 is 0 Å². The highest BCUT2D eigenvalue weighted by Gasteiger charge is 2.23. The zero-order valence-electron chi connectivity index (χ0n) is 14.8. The first-order valence-corrected chi connectivity index (χ1v) is 10.9. The Morgan fingerprint density at radius 3 is 2.12 bits per heavy atom. The zero-order chi connectivity index (χ0) is 18.8. The van der Waals surface area contributed by atoms with E-state index < -0.39 is 9.84 Å². The number of hydrogen-bond donors (Lipinski definition) is 0. The lowest BCUT2D eigenvalue weighted by Gasteiger charge is -2.12. The van der Waals surface area contributed by atoms with Crippen LogP contribution < -0.4 is 0 Å². The molecule has 0 aliphatic rings. The monoisotopic (exact) mass is 384 g/mol. The minimum absolute atomic E-state index is 0.298. The number of unbranched alkanes of at least 4 members (excludes halogenated alkanes) is 3. The average Bonchev–Trinajstić information content (AvgIpc) is 2.66. The summed E-state index contributed by atoms with van der Waals surface area (Å²) in [5.74, 6) is 0. The van der Waals surface area contributed by atoms with Crippen LogP contribution in [0.2, 0.25) is 0 Å². The molecule has 2 nitrogen and oxygen atoms in total. The number of rotatable bonds is 10. The fourth-order valence-electron chi connectivity index (χ4n) is 2.45. The van der Waals surface area contributed by atoms with Gasteiger partial charge in [0.25, 0.3) is 0 Å². The molecule has 2 aromatic carbocycles. The van der Waals surface area contributed by atoms with Crippen molar-refractivity contribution >= 4 is 21.6 Å². The fourth-order valence-corrected chi connectivity index (χ4v) is 5.07. The van der Waals surface area contributed by atoms with E-state index in [1.165, 1.54) is 11.8 Å².